The van der Waals surface area contributed by atoms with Gasteiger partial charge in [0, 0.05) is 11.1 Å². The van der Waals surface area contributed by atoms with E-state index < -0.39 is 11.5 Å². The van der Waals surface area contributed by atoms with Gasteiger partial charge in [-0.25, -0.2) is 4.98 Å². The van der Waals surface area contributed by atoms with Gasteiger partial charge in [0.15, 0.2) is 0 Å². The summed E-state index contributed by atoms with van der Waals surface area (Å²) >= 11 is 0. The number of aryl methyl sites for hydroxylation is 2. The van der Waals surface area contributed by atoms with Gasteiger partial charge in [-0.3, -0.25) is 9.59 Å². The highest BCUT2D eigenvalue weighted by Gasteiger charge is 2.10. The van der Waals surface area contributed by atoms with Gasteiger partial charge in [-0.05, 0) is 31.5 Å². The van der Waals surface area contributed by atoms with Crippen LogP contribution in [-0.4, -0.2) is 15.9 Å². The van der Waals surface area contributed by atoms with Crippen LogP contribution in [-0.2, 0) is 0 Å². The minimum absolute atomic E-state index is 0.0405. The van der Waals surface area contributed by atoms with Crippen LogP contribution < -0.4 is 11.3 Å². The third-order valence-corrected chi connectivity index (χ3v) is 2.42. The topological polar surface area (TPSA) is 88.8 Å². The second kappa shape index (κ2) is 3.44. The molecule has 0 saturated carbocycles. The summed E-state index contributed by atoms with van der Waals surface area (Å²) in [5, 5.41) is 0.735. The summed E-state index contributed by atoms with van der Waals surface area (Å²) in [6.07, 6.45) is 0. The highest BCUT2D eigenvalue weighted by molar-refractivity contribution is 5.96. The van der Waals surface area contributed by atoms with Crippen molar-refractivity contribution in [1.29, 1.82) is 0 Å². The molecule has 0 atom stereocenters. The minimum Gasteiger partial charge on any atom is -0.365 e. The number of hydrogen-bond donors (Lipinski definition) is 2. The number of primary amides is 1. The average Bonchev–Trinajstić information content (AvgIpc) is 2.15. The smallest absolute Gasteiger partial charge is 0.262 e. The number of carbonyl (C=O) groups excluding carboxylic acids is 1. The predicted molar refractivity (Wildman–Crippen MR) is 60.4 cm³/mol. The van der Waals surface area contributed by atoms with Crippen LogP contribution in [0.25, 0.3) is 11.0 Å². The zero-order chi connectivity index (χ0) is 11.9. The Morgan fingerprint density at radius 2 is 2.06 bits per heavy atom. The average molecular weight is 217 g/mol. The molecule has 2 heterocycles. The Labute approximate surface area is 91.3 Å². The summed E-state index contributed by atoms with van der Waals surface area (Å²) < 4.78 is 0. The zero-order valence-corrected chi connectivity index (χ0v) is 9.00. The number of aromatic amines is 1. The Bertz CT molecular complexity index is 643. The van der Waals surface area contributed by atoms with Crippen LogP contribution in [0.4, 0.5) is 0 Å². The normalized spacial score (nSPS) is 10.6. The van der Waals surface area contributed by atoms with Crippen LogP contribution >= 0.6 is 0 Å². The van der Waals surface area contributed by atoms with E-state index in [0.29, 0.717) is 5.65 Å². The number of amides is 1. The van der Waals surface area contributed by atoms with Crippen molar-refractivity contribution in [2.45, 2.75) is 13.8 Å². The molecule has 0 aliphatic rings. The molecule has 16 heavy (non-hydrogen) atoms. The molecule has 5 nitrogen and oxygen atoms in total. The van der Waals surface area contributed by atoms with E-state index in [9.17, 15) is 9.59 Å². The number of nitrogens with zero attached hydrogens (tertiary/aromatic N) is 1. The summed E-state index contributed by atoms with van der Waals surface area (Å²) in [5.41, 5.74) is 6.80. The number of pyridine rings is 2. The van der Waals surface area contributed by atoms with Gasteiger partial charge in [-0.15, -0.1) is 0 Å². The lowest BCUT2D eigenvalue weighted by Crippen LogP contribution is -2.23. The van der Waals surface area contributed by atoms with E-state index in [0.717, 1.165) is 16.6 Å². The highest BCUT2D eigenvalue weighted by atomic mass is 16.2. The standard InChI is InChI=1S/C11H11N3O2/c1-5-3-6(2)13-10-7(5)4-8(9(12)15)11(16)14-10/h3-4H,1-2H3,(H2,12,15)(H,13,14,16). The molecule has 82 valence electrons. The maximum Gasteiger partial charge on any atom is 0.262 e. The molecule has 0 spiro atoms. The quantitative estimate of drug-likeness (QED) is 0.734. The van der Waals surface area contributed by atoms with Crippen molar-refractivity contribution in [2.75, 3.05) is 0 Å². The molecule has 2 aromatic heterocycles. The third kappa shape index (κ3) is 1.56. The van der Waals surface area contributed by atoms with Crippen LogP contribution in [0.15, 0.2) is 16.9 Å². The molecular weight excluding hydrogens is 206 g/mol. The Hall–Kier alpha value is -2.17. The molecule has 0 aromatic carbocycles. The molecule has 0 bridgehead atoms. The number of H-pyrrole nitrogens is 1. The van der Waals surface area contributed by atoms with Crippen molar-refractivity contribution in [3.8, 4) is 0 Å². The molecule has 2 aromatic rings. The number of fused-ring (bicyclic) bond motifs is 1. The van der Waals surface area contributed by atoms with E-state index in [1.807, 2.05) is 19.9 Å². The van der Waals surface area contributed by atoms with E-state index in [4.69, 9.17) is 5.73 Å². The summed E-state index contributed by atoms with van der Waals surface area (Å²) in [6, 6.07) is 3.36. The molecule has 5 heteroatoms. The summed E-state index contributed by atoms with van der Waals surface area (Å²) in [5.74, 6) is -0.733. The lowest BCUT2D eigenvalue weighted by atomic mass is 10.1. The molecule has 0 aliphatic heterocycles. The first-order chi connectivity index (χ1) is 7.49. The van der Waals surface area contributed by atoms with Crippen molar-refractivity contribution < 1.29 is 4.79 Å². The van der Waals surface area contributed by atoms with Gasteiger partial charge >= 0.3 is 0 Å². The summed E-state index contributed by atoms with van der Waals surface area (Å²) in [6.45, 7) is 3.73. The van der Waals surface area contributed by atoms with E-state index >= 15 is 0 Å². The Kier molecular flexibility index (Phi) is 2.23. The van der Waals surface area contributed by atoms with Crippen molar-refractivity contribution in [2.24, 2.45) is 5.73 Å². The Morgan fingerprint density at radius 1 is 1.38 bits per heavy atom. The molecule has 1 amide bonds. The fraction of sp³-hybridized carbons (Fsp3) is 0.182. The fourth-order valence-electron chi connectivity index (χ4n) is 1.69. The SMILES string of the molecule is Cc1cc(C)c2cc(C(N)=O)c(=O)[nH]c2n1. The number of carbonyl (C=O) groups is 1. The van der Waals surface area contributed by atoms with Crippen LogP contribution in [0.1, 0.15) is 21.6 Å². The zero-order valence-electron chi connectivity index (χ0n) is 9.00. The number of hydrogen-bond acceptors (Lipinski definition) is 3. The Morgan fingerprint density at radius 3 is 2.69 bits per heavy atom. The second-order valence-electron chi connectivity index (χ2n) is 3.72. The molecule has 0 radical (unpaired) electrons. The summed E-state index contributed by atoms with van der Waals surface area (Å²) in [4.78, 5) is 29.3. The lowest BCUT2D eigenvalue weighted by molar-refractivity contribution is 0.0999. The first kappa shape index (κ1) is 10.4. The van der Waals surface area contributed by atoms with Crippen molar-refractivity contribution >= 4 is 16.9 Å². The van der Waals surface area contributed by atoms with E-state index in [1.54, 1.807) is 0 Å². The summed E-state index contributed by atoms with van der Waals surface area (Å²) in [7, 11) is 0. The van der Waals surface area contributed by atoms with Crippen LogP contribution in [0.3, 0.4) is 0 Å². The Balaban J connectivity index is 2.90. The molecule has 2 rings (SSSR count). The molecule has 0 saturated heterocycles. The van der Waals surface area contributed by atoms with Crippen LogP contribution in [0.5, 0.6) is 0 Å². The molecule has 3 N–H and O–H groups in total. The number of nitrogens with one attached hydrogen (secondary N) is 1. The molecular formula is C11H11N3O2. The molecule has 0 unspecified atom stereocenters. The van der Waals surface area contributed by atoms with Gasteiger partial charge in [0.25, 0.3) is 11.5 Å². The van der Waals surface area contributed by atoms with Gasteiger partial charge in [0.1, 0.15) is 11.2 Å². The number of rotatable bonds is 1. The van der Waals surface area contributed by atoms with E-state index in [-0.39, 0.29) is 5.56 Å². The van der Waals surface area contributed by atoms with E-state index in [2.05, 4.69) is 9.97 Å². The molecule has 0 fully saturated rings. The van der Waals surface area contributed by atoms with Crippen molar-refractivity contribution in [3.05, 3.63) is 39.3 Å². The number of nitrogens with two attached hydrogens (primary N) is 1. The monoisotopic (exact) mass is 217 g/mol. The second-order valence-corrected chi connectivity index (χ2v) is 3.72. The maximum absolute atomic E-state index is 11.5. The van der Waals surface area contributed by atoms with Crippen LogP contribution in [0.2, 0.25) is 0 Å². The predicted octanol–water partition coefficient (Wildman–Crippen LogP) is 0.639. The third-order valence-electron chi connectivity index (χ3n) is 2.42. The van der Waals surface area contributed by atoms with Crippen molar-refractivity contribution in [3.63, 3.8) is 0 Å². The van der Waals surface area contributed by atoms with Gasteiger partial charge < -0.3 is 10.7 Å². The van der Waals surface area contributed by atoms with Gasteiger partial charge in [-0.1, -0.05) is 0 Å². The lowest BCUT2D eigenvalue weighted by Gasteiger charge is -2.04. The van der Waals surface area contributed by atoms with Gasteiger partial charge in [0.2, 0.25) is 0 Å². The van der Waals surface area contributed by atoms with Gasteiger partial charge in [-0.2, -0.15) is 0 Å². The van der Waals surface area contributed by atoms with Crippen molar-refractivity contribution in [1.82, 2.24) is 9.97 Å². The fourth-order valence-corrected chi connectivity index (χ4v) is 1.69. The largest absolute Gasteiger partial charge is 0.365 e. The number of aromatic nitrogens is 2. The molecule has 0 aliphatic carbocycles. The van der Waals surface area contributed by atoms with Crippen LogP contribution in [0, 0.1) is 13.8 Å². The first-order valence-corrected chi connectivity index (χ1v) is 4.80. The van der Waals surface area contributed by atoms with E-state index in [1.165, 1.54) is 6.07 Å². The first-order valence-electron chi connectivity index (χ1n) is 4.80. The minimum atomic E-state index is -0.733. The maximum atomic E-state index is 11.5. The van der Waals surface area contributed by atoms with Gasteiger partial charge in [0.05, 0.1) is 0 Å². The highest BCUT2D eigenvalue weighted by Crippen LogP contribution is 2.15.